The fourth-order valence-electron chi connectivity index (χ4n) is 2.22. The molecule has 1 amide bonds. The van der Waals surface area contributed by atoms with Gasteiger partial charge in [0, 0.05) is 0 Å². The van der Waals surface area contributed by atoms with Crippen LogP contribution in [0.5, 0.6) is 11.5 Å². The topological polar surface area (TPSA) is 71.3 Å². The second-order valence-electron chi connectivity index (χ2n) is 5.01. The van der Waals surface area contributed by atoms with Crippen LogP contribution in [0.3, 0.4) is 0 Å². The molecule has 0 bridgehead atoms. The first kappa shape index (κ1) is 15.6. The van der Waals surface area contributed by atoms with Crippen molar-refractivity contribution in [2.75, 3.05) is 18.5 Å². The molecule has 0 aliphatic carbocycles. The zero-order valence-corrected chi connectivity index (χ0v) is 12.6. The van der Waals surface area contributed by atoms with Gasteiger partial charge in [-0.2, -0.15) is 5.26 Å². The van der Waals surface area contributed by atoms with Gasteiger partial charge in [0.1, 0.15) is 30.7 Å². The molecule has 1 heterocycles. The van der Waals surface area contributed by atoms with E-state index < -0.39 is 11.7 Å². The van der Waals surface area contributed by atoms with Crippen molar-refractivity contribution in [1.29, 1.82) is 5.26 Å². The van der Waals surface area contributed by atoms with Crippen molar-refractivity contribution in [3.8, 4) is 17.6 Å². The summed E-state index contributed by atoms with van der Waals surface area (Å²) in [5, 5.41) is 11.6. The van der Waals surface area contributed by atoms with Crippen LogP contribution >= 0.6 is 0 Å². The smallest absolute Gasteiger partial charge is 0.266 e. The molecule has 1 aliphatic heterocycles. The lowest BCUT2D eigenvalue weighted by Crippen LogP contribution is -2.15. The maximum Gasteiger partial charge on any atom is 0.266 e. The zero-order chi connectivity index (χ0) is 16.9. The Morgan fingerprint density at radius 3 is 2.67 bits per heavy atom. The molecule has 0 aromatic heterocycles. The van der Waals surface area contributed by atoms with Crippen LogP contribution in [0.2, 0.25) is 0 Å². The van der Waals surface area contributed by atoms with Gasteiger partial charge in [-0.1, -0.05) is 18.2 Å². The number of nitrogens with zero attached hydrogens (tertiary/aromatic N) is 1. The van der Waals surface area contributed by atoms with Gasteiger partial charge in [-0.3, -0.25) is 4.79 Å². The first-order valence-corrected chi connectivity index (χ1v) is 7.25. The molecular weight excluding hydrogens is 311 g/mol. The van der Waals surface area contributed by atoms with Crippen molar-refractivity contribution in [3.63, 3.8) is 0 Å². The minimum Gasteiger partial charge on any atom is -0.486 e. The lowest BCUT2D eigenvalue weighted by Gasteiger charge is -2.18. The number of rotatable bonds is 3. The Labute approximate surface area is 137 Å². The molecular formula is C18H13FN2O3. The average Bonchev–Trinajstić information content (AvgIpc) is 2.61. The number of anilines is 1. The van der Waals surface area contributed by atoms with E-state index in [1.54, 1.807) is 24.3 Å². The van der Waals surface area contributed by atoms with Gasteiger partial charge in [-0.25, -0.2) is 4.39 Å². The number of carbonyl (C=O) groups is 1. The highest BCUT2D eigenvalue weighted by Crippen LogP contribution is 2.31. The van der Waals surface area contributed by atoms with Crippen molar-refractivity contribution < 1.29 is 18.7 Å². The third-order valence-electron chi connectivity index (χ3n) is 3.36. The van der Waals surface area contributed by atoms with Crippen LogP contribution in [0.15, 0.2) is 48.0 Å². The van der Waals surface area contributed by atoms with E-state index in [4.69, 9.17) is 9.47 Å². The van der Waals surface area contributed by atoms with Gasteiger partial charge in [0.15, 0.2) is 11.5 Å². The highest BCUT2D eigenvalue weighted by Gasteiger charge is 2.14. The van der Waals surface area contributed by atoms with E-state index in [-0.39, 0.29) is 11.3 Å². The number of nitrogens with one attached hydrogen (secondary N) is 1. The molecule has 5 nitrogen and oxygen atoms in total. The van der Waals surface area contributed by atoms with E-state index in [1.807, 2.05) is 6.07 Å². The molecule has 2 aromatic rings. The minimum absolute atomic E-state index is 0.0193. The fraction of sp³-hybridized carbons (Fsp3) is 0.111. The summed E-state index contributed by atoms with van der Waals surface area (Å²) in [5.74, 6) is -0.0746. The summed E-state index contributed by atoms with van der Waals surface area (Å²) < 4.78 is 24.5. The Balaban J connectivity index is 1.83. The molecule has 2 aromatic carbocycles. The van der Waals surface area contributed by atoms with Crippen molar-refractivity contribution >= 4 is 17.7 Å². The normalized spacial score (nSPS) is 13.1. The molecule has 120 valence electrons. The number of para-hydroxylation sites is 1. The molecule has 6 heteroatoms. The number of ether oxygens (including phenoxy) is 2. The van der Waals surface area contributed by atoms with Crippen LogP contribution in [0.1, 0.15) is 5.56 Å². The number of benzene rings is 2. The summed E-state index contributed by atoms with van der Waals surface area (Å²) in [6, 6.07) is 12.7. The third kappa shape index (κ3) is 3.36. The van der Waals surface area contributed by atoms with E-state index >= 15 is 0 Å². The monoisotopic (exact) mass is 324 g/mol. The number of hydrogen-bond acceptors (Lipinski definition) is 4. The van der Waals surface area contributed by atoms with Crippen molar-refractivity contribution in [2.24, 2.45) is 0 Å². The highest BCUT2D eigenvalue weighted by atomic mass is 19.1. The summed E-state index contributed by atoms with van der Waals surface area (Å²) in [4.78, 5) is 12.2. The summed E-state index contributed by atoms with van der Waals surface area (Å²) in [6.45, 7) is 0.926. The summed E-state index contributed by atoms with van der Waals surface area (Å²) in [5.41, 5.74) is 0.486. The lowest BCUT2D eigenvalue weighted by molar-refractivity contribution is -0.112. The van der Waals surface area contributed by atoms with E-state index in [0.29, 0.717) is 30.3 Å². The Bertz CT molecular complexity index is 856. The lowest BCUT2D eigenvalue weighted by atomic mass is 10.1. The van der Waals surface area contributed by atoms with Crippen LogP contribution in [-0.2, 0) is 4.79 Å². The standard InChI is InChI=1S/C18H13FN2O3/c19-14-3-1-2-4-15(14)21-18(22)13(11-20)9-12-5-6-16-17(10-12)24-8-7-23-16/h1-6,9-10H,7-8H2,(H,21,22). The van der Waals surface area contributed by atoms with Gasteiger partial charge in [0.25, 0.3) is 5.91 Å². The number of fused-ring (bicyclic) bond motifs is 1. The molecule has 24 heavy (non-hydrogen) atoms. The SMILES string of the molecule is N#CC(=Cc1ccc2c(c1)OCCO2)C(=O)Nc1ccccc1F. The Morgan fingerprint density at radius 1 is 1.17 bits per heavy atom. The Kier molecular flexibility index (Phi) is 4.43. The maximum atomic E-state index is 13.6. The zero-order valence-electron chi connectivity index (χ0n) is 12.6. The number of nitriles is 1. The second-order valence-corrected chi connectivity index (χ2v) is 5.01. The summed E-state index contributed by atoms with van der Waals surface area (Å²) >= 11 is 0. The molecule has 0 saturated heterocycles. The molecule has 0 saturated carbocycles. The number of amides is 1. The van der Waals surface area contributed by atoms with Crippen LogP contribution in [0.4, 0.5) is 10.1 Å². The van der Waals surface area contributed by atoms with Gasteiger partial charge in [0.05, 0.1) is 5.69 Å². The molecule has 1 N–H and O–H groups in total. The molecule has 1 aliphatic rings. The summed E-state index contributed by atoms with van der Waals surface area (Å²) in [7, 11) is 0. The average molecular weight is 324 g/mol. The molecule has 0 unspecified atom stereocenters. The number of carbonyl (C=O) groups excluding carboxylic acids is 1. The first-order valence-electron chi connectivity index (χ1n) is 7.25. The maximum absolute atomic E-state index is 13.6. The highest BCUT2D eigenvalue weighted by molar-refractivity contribution is 6.09. The predicted molar refractivity (Wildman–Crippen MR) is 86.1 cm³/mol. The second kappa shape index (κ2) is 6.84. The largest absolute Gasteiger partial charge is 0.486 e. The van der Waals surface area contributed by atoms with Crippen molar-refractivity contribution in [3.05, 3.63) is 59.4 Å². The van der Waals surface area contributed by atoms with Gasteiger partial charge < -0.3 is 14.8 Å². The summed E-state index contributed by atoms with van der Waals surface area (Å²) in [6.07, 6.45) is 1.41. The number of halogens is 1. The van der Waals surface area contributed by atoms with Gasteiger partial charge in [-0.05, 0) is 35.9 Å². The van der Waals surface area contributed by atoms with Crippen LogP contribution in [0.25, 0.3) is 6.08 Å². The van der Waals surface area contributed by atoms with Gasteiger partial charge in [0.2, 0.25) is 0 Å². The van der Waals surface area contributed by atoms with Crippen LogP contribution < -0.4 is 14.8 Å². The quantitative estimate of drug-likeness (QED) is 0.695. The molecule has 0 radical (unpaired) electrons. The number of hydrogen-bond donors (Lipinski definition) is 1. The minimum atomic E-state index is -0.683. The van der Waals surface area contributed by atoms with Crippen molar-refractivity contribution in [1.82, 2.24) is 0 Å². The van der Waals surface area contributed by atoms with E-state index in [9.17, 15) is 14.4 Å². The Morgan fingerprint density at radius 2 is 1.92 bits per heavy atom. The van der Waals surface area contributed by atoms with E-state index in [1.165, 1.54) is 24.3 Å². The van der Waals surface area contributed by atoms with Gasteiger partial charge >= 0.3 is 0 Å². The molecule has 0 atom stereocenters. The van der Waals surface area contributed by atoms with Gasteiger partial charge in [-0.15, -0.1) is 0 Å². The Hall–Kier alpha value is -3.33. The molecule has 0 spiro atoms. The fourth-order valence-corrected chi connectivity index (χ4v) is 2.22. The van der Waals surface area contributed by atoms with E-state index in [2.05, 4.69) is 5.32 Å². The third-order valence-corrected chi connectivity index (χ3v) is 3.36. The first-order chi connectivity index (χ1) is 11.7. The van der Waals surface area contributed by atoms with Crippen LogP contribution in [-0.4, -0.2) is 19.1 Å². The van der Waals surface area contributed by atoms with E-state index in [0.717, 1.165) is 0 Å². The predicted octanol–water partition coefficient (Wildman–Crippen LogP) is 3.14. The van der Waals surface area contributed by atoms with Crippen molar-refractivity contribution in [2.45, 2.75) is 0 Å². The molecule has 0 fully saturated rings. The molecule has 3 rings (SSSR count). The van der Waals surface area contributed by atoms with Crippen LogP contribution in [0, 0.1) is 17.1 Å².